The molecule has 1 N–H and O–H groups in total. The van der Waals surface area contributed by atoms with E-state index in [1.807, 2.05) is 66.4 Å². The Labute approximate surface area is 188 Å². The minimum Gasteiger partial charge on any atom is -0.388 e. The normalized spacial score (nSPS) is 20.6. The van der Waals surface area contributed by atoms with E-state index in [9.17, 15) is 9.90 Å². The highest BCUT2D eigenvalue weighted by molar-refractivity contribution is 5.86. The average Bonchev–Trinajstić information content (AvgIpc) is 3.34. The molecule has 0 saturated carbocycles. The number of carbonyl (C=O) groups excluding carboxylic acids is 1. The Hall–Kier alpha value is -2.99. The summed E-state index contributed by atoms with van der Waals surface area (Å²) in [4.78, 5) is 27.0. The van der Waals surface area contributed by atoms with E-state index in [-0.39, 0.29) is 17.9 Å². The van der Waals surface area contributed by atoms with Gasteiger partial charge in [0.2, 0.25) is 11.9 Å². The summed E-state index contributed by atoms with van der Waals surface area (Å²) in [6.07, 6.45) is 2.97. The van der Waals surface area contributed by atoms with Crippen LogP contribution in [0.5, 0.6) is 0 Å². The van der Waals surface area contributed by atoms with Crippen molar-refractivity contribution in [2.75, 3.05) is 24.5 Å². The summed E-state index contributed by atoms with van der Waals surface area (Å²) in [6, 6.07) is 17.7. The van der Waals surface area contributed by atoms with Crippen LogP contribution in [0.1, 0.15) is 43.0 Å². The van der Waals surface area contributed by atoms with Gasteiger partial charge in [-0.15, -0.1) is 0 Å². The van der Waals surface area contributed by atoms with Crippen molar-refractivity contribution in [2.24, 2.45) is 5.92 Å². The minimum atomic E-state index is -0.467. The van der Waals surface area contributed by atoms with Crippen LogP contribution in [0, 0.1) is 12.8 Å². The predicted molar refractivity (Wildman–Crippen MR) is 125 cm³/mol. The summed E-state index contributed by atoms with van der Waals surface area (Å²) < 4.78 is 0. The highest BCUT2D eigenvalue weighted by Crippen LogP contribution is 2.32. The first-order valence-corrected chi connectivity index (χ1v) is 11.6. The van der Waals surface area contributed by atoms with Gasteiger partial charge in [0.1, 0.15) is 6.04 Å². The molecule has 0 unspecified atom stereocenters. The number of piperidine rings is 1. The second kappa shape index (κ2) is 8.87. The molecule has 2 aromatic carbocycles. The highest BCUT2D eigenvalue weighted by Gasteiger charge is 2.37. The second-order valence-corrected chi connectivity index (χ2v) is 9.00. The molecule has 6 nitrogen and oxygen atoms in total. The number of carbonyl (C=O) groups is 1. The molecule has 0 radical (unpaired) electrons. The predicted octanol–water partition coefficient (Wildman–Crippen LogP) is 3.88. The molecular weight excluding hydrogens is 400 g/mol. The third kappa shape index (κ3) is 3.95. The molecule has 3 aromatic rings. The minimum absolute atomic E-state index is 0.171. The van der Waals surface area contributed by atoms with E-state index in [1.165, 1.54) is 0 Å². The molecule has 166 valence electrons. The Bertz CT molecular complexity index is 1100. The lowest BCUT2D eigenvalue weighted by molar-refractivity contribution is -0.134. The molecule has 2 saturated heterocycles. The average molecular weight is 431 g/mol. The lowest BCUT2D eigenvalue weighted by atomic mass is 9.87. The molecule has 5 rings (SSSR count). The lowest BCUT2D eigenvalue weighted by Crippen LogP contribution is -2.49. The SMILES string of the molecule is Cc1nc(N2CCC[C@H]2C(=O)N2CCC([C@@H](O)c3ccccc3)CC2)nc2ccccc12. The second-order valence-electron chi connectivity index (χ2n) is 9.00. The summed E-state index contributed by atoms with van der Waals surface area (Å²) >= 11 is 0. The fourth-order valence-electron chi connectivity index (χ4n) is 5.18. The number of hydrogen-bond donors (Lipinski definition) is 1. The van der Waals surface area contributed by atoms with Crippen molar-refractivity contribution in [3.05, 3.63) is 65.9 Å². The van der Waals surface area contributed by atoms with Gasteiger partial charge < -0.3 is 14.9 Å². The molecule has 0 spiro atoms. The van der Waals surface area contributed by atoms with Crippen molar-refractivity contribution in [1.82, 2.24) is 14.9 Å². The summed E-state index contributed by atoms with van der Waals surface area (Å²) in [5, 5.41) is 11.8. The number of para-hydroxylation sites is 1. The molecule has 0 bridgehead atoms. The largest absolute Gasteiger partial charge is 0.388 e. The molecule has 1 amide bonds. The molecule has 2 atom stereocenters. The van der Waals surface area contributed by atoms with Crippen molar-refractivity contribution >= 4 is 22.8 Å². The molecule has 1 aromatic heterocycles. The van der Waals surface area contributed by atoms with Gasteiger partial charge >= 0.3 is 0 Å². The van der Waals surface area contributed by atoms with Gasteiger partial charge in [-0.05, 0) is 50.2 Å². The standard InChI is InChI=1S/C26H30N4O2/c1-18-21-10-5-6-11-22(21)28-26(27-18)30-15-7-12-23(30)25(32)29-16-13-20(14-17-29)24(31)19-8-3-2-4-9-19/h2-6,8-11,20,23-24,31H,7,12-17H2,1H3/t23-,24-/m0/s1. The Morgan fingerprint density at radius 3 is 2.47 bits per heavy atom. The van der Waals surface area contributed by atoms with Crippen LogP contribution in [0.15, 0.2) is 54.6 Å². The van der Waals surface area contributed by atoms with E-state index < -0.39 is 6.10 Å². The molecule has 3 heterocycles. The zero-order chi connectivity index (χ0) is 22.1. The number of anilines is 1. The molecule has 6 heteroatoms. The van der Waals surface area contributed by atoms with Crippen molar-refractivity contribution < 1.29 is 9.90 Å². The fraction of sp³-hybridized carbons (Fsp3) is 0.423. The molecule has 2 aliphatic heterocycles. The van der Waals surface area contributed by atoms with Crippen molar-refractivity contribution in [3.8, 4) is 0 Å². The monoisotopic (exact) mass is 430 g/mol. The third-order valence-corrected chi connectivity index (χ3v) is 7.02. The Morgan fingerprint density at radius 2 is 1.69 bits per heavy atom. The van der Waals surface area contributed by atoms with Crippen LogP contribution in [-0.2, 0) is 4.79 Å². The fourth-order valence-corrected chi connectivity index (χ4v) is 5.18. The molecule has 2 fully saturated rings. The van der Waals surface area contributed by atoms with Crippen molar-refractivity contribution in [1.29, 1.82) is 0 Å². The number of aromatic nitrogens is 2. The maximum Gasteiger partial charge on any atom is 0.245 e. The third-order valence-electron chi connectivity index (χ3n) is 7.02. The summed E-state index contributed by atoms with van der Waals surface area (Å²) in [7, 11) is 0. The van der Waals surface area contributed by atoms with E-state index in [1.54, 1.807) is 0 Å². The number of fused-ring (bicyclic) bond motifs is 1. The summed E-state index contributed by atoms with van der Waals surface area (Å²) in [5.41, 5.74) is 2.83. The maximum absolute atomic E-state index is 13.4. The van der Waals surface area contributed by atoms with Crippen LogP contribution in [0.3, 0.4) is 0 Å². The zero-order valence-electron chi connectivity index (χ0n) is 18.5. The number of rotatable bonds is 4. The van der Waals surface area contributed by atoms with Crippen molar-refractivity contribution in [3.63, 3.8) is 0 Å². The molecule has 2 aliphatic rings. The van der Waals surface area contributed by atoms with Crippen LogP contribution in [-0.4, -0.2) is 51.6 Å². The highest BCUT2D eigenvalue weighted by atomic mass is 16.3. The number of benzene rings is 2. The number of hydrogen-bond acceptors (Lipinski definition) is 5. The number of aliphatic hydroxyl groups excluding tert-OH is 1. The number of aliphatic hydroxyl groups is 1. The van der Waals surface area contributed by atoms with Gasteiger partial charge in [0.15, 0.2) is 0 Å². The smallest absolute Gasteiger partial charge is 0.245 e. The molecule has 0 aliphatic carbocycles. The molecule has 32 heavy (non-hydrogen) atoms. The summed E-state index contributed by atoms with van der Waals surface area (Å²) in [5.74, 6) is 1.02. The van der Waals surface area contributed by atoms with Gasteiger partial charge in [-0.3, -0.25) is 4.79 Å². The van der Waals surface area contributed by atoms with Gasteiger partial charge in [0, 0.05) is 25.0 Å². The van der Waals surface area contributed by atoms with Crippen LogP contribution < -0.4 is 4.90 Å². The van der Waals surface area contributed by atoms with E-state index in [0.717, 1.165) is 54.4 Å². The first kappa shape index (κ1) is 20.9. The number of likely N-dealkylation sites (tertiary alicyclic amines) is 1. The maximum atomic E-state index is 13.4. The van der Waals surface area contributed by atoms with Crippen LogP contribution >= 0.6 is 0 Å². The topological polar surface area (TPSA) is 69.6 Å². The zero-order valence-corrected chi connectivity index (χ0v) is 18.5. The number of amides is 1. The van der Waals surface area contributed by atoms with E-state index >= 15 is 0 Å². The Kier molecular flexibility index (Phi) is 5.79. The van der Waals surface area contributed by atoms with Gasteiger partial charge in [0.05, 0.1) is 17.3 Å². The number of aryl methyl sites for hydroxylation is 1. The van der Waals surface area contributed by atoms with E-state index in [0.29, 0.717) is 19.0 Å². The van der Waals surface area contributed by atoms with Gasteiger partial charge in [-0.2, -0.15) is 0 Å². The quantitative estimate of drug-likeness (QED) is 0.680. The first-order chi connectivity index (χ1) is 15.6. The Balaban J connectivity index is 1.28. The lowest BCUT2D eigenvalue weighted by Gasteiger charge is -2.37. The molecular formula is C26H30N4O2. The first-order valence-electron chi connectivity index (χ1n) is 11.6. The van der Waals surface area contributed by atoms with Crippen LogP contribution in [0.25, 0.3) is 10.9 Å². The Morgan fingerprint density at radius 1 is 0.969 bits per heavy atom. The van der Waals surface area contributed by atoms with Crippen LogP contribution in [0.2, 0.25) is 0 Å². The van der Waals surface area contributed by atoms with E-state index in [2.05, 4.69) is 4.90 Å². The summed E-state index contributed by atoms with van der Waals surface area (Å²) in [6.45, 7) is 4.19. The van der Waals surface area contributed by atoms with Crippen molar-refractivity contribution in [2.45, 2.75) is 44.8 Å². The van der Waals surface area contributed by atoms with E-state index in [4.69, 9.17) is 9.97 Å². The number of nitrogens with zero attached hydrogens (tertiary/aromatic N) is 4. The van der Waals surface area contributed by atoms with Gasteiger partial charge in [-0.1, -0.05) is 48.5 Å². The van der Waals surface area contributed by atoms with Crippen LogP contribution in [0.4, 0.5) is 5.95 Å². The van der Waals surface area contributed by atoms with Gasteiger partial charge in [-0.25, -0.2) is 9.97 Å². The van der Waals surface area contributed by atoms with Gasteiger partial charge in [0.25, 0.3) is 0 Å².